The van der Waals surface area contributed by atoms with Gasteiger partial charge in [0.25, 0.3) is 5.91 Å². The molecule has 0 spiro atoms. The highest BCUT2D eigenvalue weighted by molar-refractivity contribution is 5.98. The molecule has 1 aromatic carbocycles. The van der Waals surface area contributed by atoms with E-state index in [0.29, 0.717) is 29.3 Å². The van der Waals surface area contributed by atoms with Crippen LogP contribution in [-0.2, 0) is 0 Å². The Morgan fingerprint density at radius 2 is 2.03 bits per heavy atom. The van der Waals surface area contributed by atoms with Gasteiger partial charge in [-0.3, -0.25) is 9.78 Å². The van der Waals surface area contributed by atoms with Crippen molar-refractivity contribution in [3.05, 3.63) is 60.6 Å². The third-order valence-electron chi connectivity index (χ3n) is 6.94. The van der Waals surface area contributed by atoms with Crippen molar-refractivity contribution in [2.75, 3.05) is 38.9 Å². The van der Waals surface area contributed by atoms with E-state index < -0.39 is 12.1 Å². The molecule has 2 aromatic heterocycles. The summed E-state index contributed by atoms with van der Waals surface area (Å²) in [5, 5.41) is 12.8. The van der Waals surface area contributed by atoms with Crippen LogP contribution in [0.25, 0.3) is 11.1 Å². The average Bonchev–Trinajstić information content (AvgIpc) is 3.42. The van der Waals surface area contributed by atoms with Gasteiger partial charge in [-0.1, -0.05) is 13.0 Å². The van der Waals surface area contributed by atoms with E-state index in [1.165, 1.54) is 4.90 Å². The van der Waals surface area contributed by atoms with E-state index in [1.807, 2.05) is 19.1 Å². The maximum Gasteiger partial charge on any atom is 0.321 e. The molecular formula is C28H31N5O6. The molecule has 0 radical (unpaired) electrons. The molecule has 3 amide bonds. The minimum absolute atomic E-state index is 0.150. The van der Waals surface area contributed by atoms with Crippen molar-refractivity contribution in [1.29, 1.82) is 0 Å². The Balaban J connectivity index is 1.38. The van der Waals surface area contributed by atoms with Gasteiger partial charge in [-0.15, -0.1) is 0 Å². The number of amides is 3. The van der Waals surface area contributed by atoms with Crippen LogP contribution in [0.5, 0.6) is 17.4 Å². The van der Waals surface area contributed by atoms with E-state index in [-0.39, 0.29) is 43.7 Å². The summed E-state index contributed by atoms with van der Waals surface area (Å²) in [5.74, 6) is 0.945. The zero-order valence-electron chi connectivity index (χ0n) is 22.0. The van der Waals surface area contributed by atoms with Crippen LogP contribution >= 0.6 is 0 Å². The molecule has 0 saturated heterocycles. The number of likely N-dealkylation sites (N-methyl/N-ethyl adjacent to an activating group) is 1. The molecule has 39 heavy (non-hydrogen) atoms. The Morgan fingerprint density at radius 1 is 1.21 bits per heavy atom. The van der Waals surface area contributed by atoms with Gasteiger partial charge in [0, 0.05) is 61.0 Å². The molecule has 11 nitrogen and oxygen atoms in total. The number of aliphatic hydroxyl groups is 1. The second kappa shape index (κ2) is 11.2. The van der Waals surface area contributed by atoms with Gasteiger partial charge in [0.05, 0.1) is 19.2 Å². The number of fused-ring (bicyclic) bond motifs is 2. The van der Waals surface area contributed by atoms with Gasteiger partial charge in [-0.25, -0.2) is 9.78 Å². The normalized spacial score (nSPS) is 18.9. The highest BCUT2D eigenvalue weighted by Gasteiger charge is 2.35. The summed E-state index contributed by atoms with van der Waals surface area (Å²) in [5.41, 5.74) is 2.40. The van der Waals surface area contributed by atoms with Crippen LogP contribution in [0.15, 0.2) is 55.0 Å². The second-order valence-electron chi connectivity index (χ2n) is 9.82. The maximum absolute atomic E-state index is 13.6. The molecule has 2 aliphatic heterocycles. The molecule has 2 aliphatic rings. The van der Waals surface area contributed by atoms with Crippen LogP contribution in [0.4, 0.5) is 10.5 Å². The molecule has 0 saturated carbocycles. The molecule has 3 atom stereocenters. The summed E-state index contributed by atoms with van der Waals surface area (Å²) < 4.78 is 17.0. The Morgan fingerprint density at radius 3 is 2.79 bits per heavy atom. The highest BCUT2D eigenvalue weighted by atomic mass is 16.7. The fourth-order valence-corrected chi connectivity index (χ4v) is 4.56. The molecule has 4 heterocycles. The van der Waals surface area contributed by atoms with Crippen LogP contribution in [0.1, 0.15) is 24.2 Å². The molecule has 2 N–H and O–H groups in total. The van der Waals surface area contributed by atoms with Crippen LogP contribution in [-0.4, -0.2) is 82.5 Å². The van der Waals surface area contributed by atoms with Gasteiger partial charge in [0.2, 0.25) is 12.7 Å². The van der Waals surface area contributed by atoms with E-state index in [2.05, 4.69) is 15.3 Å². The summed E-state index contributed by atoms with van der Waals surface area (Å²) in [6, 6.07) is 9.89. The molecule has 11 heteroatoms. The lowest BCUT2D eigenvalue weighted by atomic mass is 9.99. The maximum atomic E-state index is 13.6. The van der Waals surface area contributed by atoms with Crippen LogP contribution in [0.3, 0.4) is 0 Å². The third kappa shape index (κ3) is 5.58. The highest BCUT2D eigenvalue weighted by Crippen LogP contribution is 2.34. The Labute approximate surface area is 226 Å². The lowest BCUT2D eigenvalue weighted by Gasteiger charge is -2.37. The number of carbonyl (C=O) groups excluding carboxylic acids is 2. The predicted molar refractivity (Wildman–Crippen MR) is 143 cm³/mol. The number of ether oxygens (including phenoxy) is 3. The second-order valence-corrected chi connectivity index (χ2v) is 9.82. The summed E-state index contributed by atoms with van der Waals surface area (Å²) in [7, 11) is 1.68. The van der Waals surface area contributed by atoms with E-state index in [4.69, 9.17) is 14.2 Å². The molecule has 0 bridgehead atoms. The van der Waals surface area contributed by atoms with Crippen molar-refractivity contribution in [3.8, 4) is 28.5 Å². The van der Waals surface area contributed by atoms with E-state index in [0.717, 1.165) is 11.1 Å². The number of anilines is 1. The molecule has 0 fully saturated rings. The minimum atomic E-state index is -0.477. The Kier molecular flexibility index (Phi) is 7.51. The summed E-state index contributed by atoms with van der Waals surface area (Å²) in [6.07, 6.45) is 4.54. The first-order valence-corrected chi connectivity index (χ1v) is 12.7. The zero-order chi connectivity index (χ0) is 27.5. The molecule has 0 aliphatic carbocycles. The number of hydrogen-bond acceptors (Lipinski definition) is 8. The number of aromatic nitrogens is 2. The lowest BCUT2D eigenvalue weighted by Crippen LogP contribution is -2.50. The first-order chi connectivity index (χ1) is 18.8. The van der Waals surface area contributed by atoms with Gasteiger partial charge in [0.1, 0.15) is 11.7 Å². The van der Waals surface area contributed by atoms with Crippen molar-refractivity contribution in [1.82, 2.24) is 19.8 Å². The van der Waals surface area contributed by atoms with Crippen molar-refractivity contribution in [2.45, 2.75) is 26.0 Å². The predicted octanol–water partition coefficient (Wildman–Crippen LogP) is 3.26. The SMILES string of the molecule is C[C@@H]1CN([C@H](C)CO)C(=O)c2cc(-c3cccnc3)cnc2O[C@H]1CN(C)C(=O)Nc1ccc2c(c1)OCO2. The number of nitrogens with one attached hydrogen (secondary N) is 1. The van der Waals surface area contributed by atoms with Crippen LogP contribution < -0.4 is 19.5 Å². The number of urea groups is 1. The largest absolute Gasteiger partial charge is 0.472 e. The van der Waals surface area contributed by atoms with Crippen molar-refractivity contribution < 1.29 is 28.9 Å². The van der Waals surface area contributed by atoms with Crippen molar-refractivity contribution >= 4 is 17.6 Å². The number of rotatable bonds is 6. The standard InChI is InChI=1S/C28H31N5O6/c1-17-13-33(18(2)15-34)27(35)22-9-20(19-5-4-8-29-11-19)12-30-26(22)39-25(17)14-32(3)28(36)31-21-6-7-23-24(10-21)38-16-37-23/h4-12,17-18,25,34H,13-16H2,1-3H3,(H,31,36)/t17-,18-,25+/m1/s1. The van der Waals surface area contributed by atoms with Gasteiger partial charge in [0.15, 0.2) is 11.5 Å². The van der Waals surface area contributed by atoms with E-state index in [9.17, 15) is 14.7 Å². The average molecular weight is 534 g/mol. The van der Waals surface area contributed by atoms with Gasteiger partial charge < -0.3 is 34.4 Å². The monoisotopic (exact) mass is 533 g/mol. The number of nitrogens with zero attached hydrogens (tertiary/aromatic N) is 4. The molecule has 204 valence electrons. The Hall–Kier alpha value is -4.38. The van der Waals surface area contributed by atoms with Crippen molar-refractivity contribution in [3.63, 3.8) is 0 Å². The molecule has 3 aromatic rings. The molecule has 5 rings (SSSR count). The first kappa shape index (κ1) is 26.2. The fourth-order valence-electron chi connectivity index (χ4n) is 4.56. The van der Waals surface area contributed by atoms with Crippen LogP contribution in [0.2, 0.25) is 0 Å². The third-order valence-corrected chi connectivity index (χ3v) is 6.94. The summed E-state index contributed by atoms with van der Waals surface area (Å²) >= 11 is 0. The fraction of sp³-hybridized carbons (Fsp3) is 0.357. The zero-order valence-corrected chi connectivity index (χ0v) is 22.0. The lowest BCUT2D eigenvalue weighted by molar-refractivity contribution is 0.0356. The number of carbonyl (C=O) groups is 2. The first-order valence-electron chi connectivity index (χ1n) is 12.7. The van der Waals surface area contributed by atoms with E-state index >= 15 is 0 Å². The molecule has 0 unspecified atom stereocenters. The number of hydrogen-bond donors (Lipinski definition) is 2. The topological polar surface area (TPSA) is 126 Å². The van der Waals surface area contributed by atoms with Crippen molar-refractivity contribution in [2.24, 2.45) is 5.92 Å². The number of pyridine rings is 2. The smallest absolute Gasteiger partial charge is 0.321 e. The Bertz CT molecular complexity index is 1350. The molecular weight excluding hydrogens is 502 g/mol. The van der Waals surface area contributed by atoms with Gasteiger partial charge in [-0.05, 0) is 31.2 Å². The summed E-state index contributed by atoms with van der Waals surface area (Å²) in [6.45, 7) is 4.28. The van der Waals surface area contributed by atoms with Gasteiger partial charge >= 0.3 is 6.03 Å². The van der Waals surface area contributed by atoms with Crippen LogP contribution in [0, 0.1) is 5.92 Å². The van der Waals surface area contributed by atoms with Gasteiger partial charge in [-0.2, -0.15) is 0 Å². The van der Waals surface area contributed by atoms with E-state index in [1.54, 1.807) is 61.7 Å². The number of aliphatic hydroxyl groups excluding tert-OH is 1. The summed E-state index contributed by atoms with van der Waals surface area (Å²) in [4.78, 5) is 38.5. The quantitative estimate of drug-likeness (QED) is 0.495. The minimum Gasteiger partial charge on any atom is -0.472 e. The number of benzene rings is 1.